The highest BCUT2D eigenvalue weighted by Crippen LogP contribution is 2.25. The van der Waals surface area contributed by atoms with Gasteiger partial charge in [-0.1, -0.05) is 42.0 Å². The van der Waals surface area contributed by atoms with Crippen LogP contribution in [-0.4, -0.2) is 21.1 Å². The Kier molecular flexibility index (Phi) is 4.78. The Balaban J connectivity index is 1.65. The number of carbonyl (C=O) groups is 1. The minimum absolute atomic E-state index is 0.120. The zero-order chi connectivity index (χ0) is 16.2. The molecule has 118 valence electrons. The summed E-state index contributed by atoms with van der Waals surface area (Å²) in [5.74, 6) is -0.120. The number of thiazole rings is 1. The number of aromatic nitrogens is 3. The largest absolute Gasteiger partial charge is 0.300 e. The predicted molar refractivity (Wildman–Crippen MR) is 93.9 cm³/mol. The van der Waals surface area contributed by atoms with Crippen LogP contribution in [0.4, 0.5) is 5.13 Å². The van der Waals surface area contributed by atoms with Crippen molar-refractivity contribution in [3.8, 4) is 10.6 Å². The monoisotopic (exact) mass is 344 g/mol. The van der Waals surface area contributed by atoms with Crippen LogP contribution in [0.15, 0.2) is 29.6 Å². The molecule has 0 saturated heterocycles. The van der Waals surface area contributed by atoms with Crippen molar-refractivity contribution in [3.05, 3.63) is 45.9 Å². The third-order valence-electron chi connectivity index (χ3n) is 3.17. The van der Waals surface area contributed by atoms with Crippen LogP contribution < -0.4 is 5.32 Å². The molecule has 0 bridgehead atoms. The molecule has 0 aliphatic carbocycles. The van der Waals surface area contributed by atoms with Crippen molar-refractivity contribution in [1.82, 2.24) is 15.2 Å². The van der Waals surface area contributed by atoms with E-state index in [1.165, 1.54) is 16.9 Å². The van der Waals surface area contributed by atoms with E-state index in [0.717, 1.165) is 27.7 Å². The minimum Gasteiger partial charge on any atom is -0.300 e. The molecule has 3 aromatic rings. The van der Waals surface area contributed by atoms with E-state index in [0.29, 0.717) is 5.13 Å². The van der Waals surface area contributed by atoms with Crippen molar-refractivity contribution in [2.75, 3.05) is 5.32 Å². The first-order valence-corrected chi connectivity index (χ1v) is 8.97. The lowest BCUT2D eigenvalue weighted by Crippen LogP contribution is -2.14. The number of nitrogens with zero attached hydrogens (tertiary/aromatic N) is 3. The summed E-state index contributed by atoms with van der Waals surface area (Å²) in [6.07, 6.45) is 1.06. The molecule has 23 heavy (non-hydrogen) atoms. The van der Waals surface area contributed by atoms with Crippen molar-refractivity contribution >= 4 is 33.7 Å². The molecular weight excluding hydrogens is 328 g/mol. The Morgan fingerprint density at radius 1 is 1.30 bits per heavy atom. The van der Waals surface area contributed by atoms with Crippen molar-refractivity contribution in [2.45, 2.75) is 26.7 Å². The van der Waals surface area contributed by atoms with Crippen LogP contribution in [-0.2, 0) is 17.6 Å². The molecule has 0 saturated carbocycles. The number of anilines is 1. The minimum atomic E-state index is -0.120. The number of carbonyl (C=O) groups excluding carboxylic acids is 1. The topological polar surface area (TPSA) is 67.8 Å². The van der Waals surface area contributed by atoms with E-state index in [2.05, 4.69) is 39.6 Å². The van der Waals surface area contributed by atoms with Crippen LogP contribution >= 0.6 is 22.7 Å². The lowest BCUT2D eigenvalue weighted by Gasteiger charge is -1.99. The lowest BCUT2D eigenvalue weighted by molar-refractivity contribution is -0.115. The molecule has 1 N–H and O–H groups in total. The summed E-state index contributed by atoms with van der Waals surface area (Å²) >= 11 is 2.95. The molecule has 2 aromatic heterocycles. The third kappa shape index (κ3) is 4.00. The molecule has 7 heteroatoms. The number of amides is 1. The van der Waals surface area contributed by atoms with Crippen LogP contribution in [0.5, 0.6) is 0 Å². The Labute approximate surface area is 142 Å². The molecule has 0 spiro atoms. The number of hydrogen-bond acceptors (Lipinski definition) is 6. The Morgan fingerprint density at radius 2 is 2.17 bits per heavy atom. The maximum atomic E-state index is 12.1. The van der Waals surface area contributed by atoms with Gasteiger partial charge in [-0.15, -0.1) is 21.5 Å². The van der Waals surface area contributed by atoms with Gasteiger partial charge in [-0.2, -0.15) is 0 Å². The third-order valence-corrected chi connectivity index (χ3v) is 5.10. The van der Waals surface area contributed by atoms with Crippen molar-refractivity contribution in [1.29, 1.82) is 0 Å². The second kappa shape index (κ2) is 6.97. The predicted octanol–water partition coefficient (Wildman–Crippen LogP) is 3.71. The zero-order valence-electron chi connectivity index (χ0n) is 12.9. The number of aryl methyl sites for hydroxylation is 2. The molecule has 0 aliphatic heterocycles. The van der Waals surface area contributed by atoms with E-state index in [-0.39, 0.29) is 12.3 Å². The standard InChI is InChI=1S/C16H16N4OS2/c1-3-14-19-20-16(23-14)18-13(21)8-12-9-22-15(17-12)11-6-4-5-10(2)7-11/h4-7,9H,3,8H2,1-2H3,(H,18,20,21). The van der Waals surface area contributed by atoms with Crippen LogP contribution in [0.25, 0.3) is 10.6 Å². The number of hydrogen-bond donors (Lipinski definition) is 1. The summed E-state index contributed by atoms with van der Waals surface area (Å²) in [6, 6.07) is 8.19. The summed E-state index contributed by atoms with van der Waals surface area (Å²) < 4.78 is 0. The Morgan fingerprint density at radius 3 is 2.91 bits per heavy atom. The van der Waals surface area contributed by atoms with Gasteiger partial charge in [-0.25, -0.2) is 4.98 Å². The fraction of sp³-hybridized carbons (Fsp3) is 0.250. The Bertz CT molecular complexity index is 825. The van der Waals surface area contributed by atoms with Gasteiger partial charge in [0.2, 0.25) is 11.0 Å². The molecule has 5 nitrogen and oxygen atoms in total. The van der Waals surface area contributed by atoms with Crippen LogP contribution in [0.2, 0.25) is 0 Å². The van der Waals surface area contributed by atoms with Crippen LogP contribution in [0.3, 0.4) is 0 Å². The summed E-state index contributed by atoms with van der Waals surface area (Å²) in [5, 5.41) is 15.0. The molecular formula is C16H16N4OS2. The molecule has 2 heterocycles. The maximum absolute atomic E-state index is 12.1. The van der Waals surface area contributed by atoms with E-state index in [1.807, 2.05) is 24.4 Å². The highest BCUT2D eigenvalue weighted by Gasteiger charge is 2.11. The van der Waals surface area contributed by atoms with Crippen molar-refractivity contribution < 1.29 is 4.79 Å². The summed E-state index contributed by atoms with van der Waals surface area (Å²) in [5.41, 5.74) is 3.04. The van der Waals surface area contributed by atoms with E-state index >= 15 is 0 Å². The van der Waals surface area contributed by atoms with E-state index in [9.17, 15) is 4.79 Å². The van der Waals surface area contributed by atoms with Gasteiger partial charge in [0.05, 0.1) is 12.1 Å². The molecule has 0 unspecified atom stereocenters. The number of rotatable bonds is 5. The molecule has 3 rings (SSSR count). The molecule has 0 fully saturated rings. The van der Waals surface area contributed by atoms with Crippen molar-refractivity contribution in [3.63, 3.8) is 0 Å². The Hall–Kier alpha value is -2.12. The van der Waals surface area contributed by atoms with E-state index in [1.54, 1.807) is 11.3 Å². The average molecular weight is 344 g/mol. The maximum Gasteiger partial charge on any atom is 0.232 e. The number of benzene rings is 1. The van der Waals surface area contributed by atoms with Gasteiger partial charge < -0.3 is 5.32 Å². The van der Waals surface area contributed by atoms with Crippen LogP contribution in [0.1, 0.15) is 23.2 Å². The lowest BCUT2D eigenvalue weighted by atomic mass is 10.1. The van der Waals surface area contributed by atoms with Gasteiger partial charge in [0.1, 0.15) is 10.0 Å². The van der Waals surface area contributed by atoms with Crippen molar-refractivity contribution in [2.24, 2.45) is 0 Å². The van der Waals surface area contributed by atoms with Gasteiger partial charge >= 0.3 is 0 Å². The average Bonchev–Trinajstić information content (AvgIpc) is 3.16. The molecule has 0 atom stereocenters. The zero-order valence-corrected chi connectivity index (χ0v) is 14.5. The molecule has 0 aliphatic rings. The normalized spacial score (nSPS) is 10.7. The van der Waals surface area contributed by atoms with Gasteiger partial charge in [0.25, 0.3) is 0 Å². The first-order chi connectivity index (χ1) is 11.1. The first-order valence-electron chi connectivity index (χ1n) is 7.27. The van der Waals surface area contributed by atoms with Gasteiger partial charge in [-0.05, 0) is 19.4 Å². The molecule has 1 amide bonds. The quantitative estimate of drug-likeness (QED) is 0.766. The first kappa shape index (κ1) is 15.8. The summed E-state index contributed by atoms with van der Waals surface area (Å²) in [7, 11) is 0. The van der Waals surface area contributed by atoms with Gasteiger partial charge in [-0.3, -0.25) is 4.79 Å². The van der Waals surface area contributed by atoms with Gasteiger partial charge in [0.15, 0.2) is 0 Å². The summed E-state index contributed by atoms with van der Waals surface area (Å²) in [4.78, 5) is 16.6. The number of nitrogens with one attached hydrogen (secondary N) is 1. The van der Waals surface area contributed by atoms with Crippen LogP contribution in [0, 0.1) is 6.92 Å². The van der Waals surface area contributed by atoms with Gasteiger partial charge in [0, 0.05) is 10.9 Å². The smallest absolute Gasteiger partial charge is 0.232 e. The highest BCUT2D eigenvalue weighted by molar-refractivity contribution is 7.15. The fourth-order valence-electron chi connectivity index (χ4n) is 2.07. The molecule has 1 aromatic carbocycles. The van der Waals surface area contributed by atoms with E-state index in [4.69, 9.17) is 0 Å². The highest BCUT2D eigenvalue weighted by atomic mass is 32.1. The SMILES string of the molecule is CCc1nnc(NC(=O)Cc2csc(-c3cccc(C)c3)n2)s1. The second-order valence-electron chi connectivity index (χ2n) is 5.09. The second-order valence-corrected chi connectivity index (χ2v) is 7.01. The molecule has 0 radical (unpaired) electrons. The van der Waals surface area contributed by atoms with E-state index < -0.39 is 0 Å². The summed E-state index contributed by atoms with van der Waals surface area (Å²) in [6.45, 7) is 4.06. The fourth-order valence-corrected chi connectivity index (χ4v) is 3.59.